The molecule has 2 nitrogen and oxygen atoms in total. The van der Waals surface area contributed by atoms with Crippen molar-refractivity contribution in [3.63, 3.8) is 0 Å². The molecule has 1 aromatic carbocycles. The Morgan fingerprint density at radius 1 is 1.12 bits per heavy atom. The molecule has 1 aromatic heterocycles. The first-order chi connectivity index (χ1) is 8.45. The van der Waals surface area contributed by atoms with Gasteiger partial charge < -0.3 is 9.88 Å². The summed E-state index contributed by atoms with van der Waals surface area (Å²) in [5.41, 5.74) is 6.27. The molecule has 2 heteroatoms. The lowest BCUT2D eigenvalue weighted by molar-refractivity contribution is 0.576. The van der Waals surface area contributed by atoms with Crippen molar-refractivity contribution < 1.29 is 0 Å². The number of hydrogen-bond donors (Lipinski definition) is 1. The summed E-state index contributed by atoms with van der Waals surface area (Å²) in [7, 11) is 0. The fourth-order valence-corrected chi connectivity index (χ4v) is 3.54. The van der Waals surface area contributed by atoms with E-state index in [1.165, 1.54) is 37.6 Å². The number of nitrogens with one attached hydrogen (secondary N) is 1. The van der Waals surface area contributed by atoms with E-state index in [1.807, 2.05) is 0 Å². The van der Waals surface area contributed by atoms with Crippen LogP contribution in [-0.2, 0) is 25.9 Å². The Hall–Kier alpha value is -1.28. The Morgan fingerprint density at radius 3 is 3.12 bits per heavy atom. The smallest absolute Gasteiger partial charge is 0.0518 e. The fourth-order valence-electron chi connectivity index (χ4n) is 3.54. The van der Waals surface area contributed by atoms with E-state index in [0.717, 1.165) is 13.1 Å². The molecule has 1 N–H and O–H groups in total. The molecule has 0 bridgehead atoms. The van der Waals surface area contributed by atoms with Crippen LogP contribution in [-0.4, -0.2) is 11.1 Å². The van der Waals surface area contributed by atoms with Crippen LogP contribution in [0.3, 0.4) is 0 Å². The Labute approximate surface area is 102 Å². The van der Waals surface area contributed by atoms with Gasteiger partial charge in [-0.25, -0.2) is 0 Å². The number of rotatable bonds is 0. The van der Waals surface area contributed by atoms with E-state index in [4.69, 9.17) is 0 Å². The maximum absolute atomic E-state index is 3.51. The van der Waals surface area contributed by atoms with Gasteiger partial charge in [-0.3, -0.25) is 0 Å². The number of aryl methyl sites for hydroxylation is 2. The Balaban J connectivity index is 2.11. The molecule has 3 heterocycles. The number of benzene rings is 1. The average molecular weight is 226 g/mol. The van der Waals surface area contributed by atoms with Crippen molar-refractivity contribution in [1.29, 1.82) is 0 Å². The van der Waals surface area contributed by atoms with Crippen molar-refractivity contribution in [2.75, 3.05) is 6.54 Å². The minimum absolute atomic E-state index is 1.06. The quantitative estimate of drug-likeness (QED) is 0.730. The van der Waals surface area contributed by atoms with E-state index in [9.17, 15) is 0 Å². The van der Waals surface area contributed by atoms with Crippen LogP contribution in [0.5, 0.6) is 0 Å². The molecule has 0 atom stereocenters. The lowest BCUT2D eigenvalue weighted by Gasteiger charge is -2.16. The number of aromatic nitrogens is 1. The molecular formula is C15H18N2. The second-order valence-corrected chi connectivity index (χ2v) is 5.27. The predicted octanol–water partition coefficient (Wildman–Crippen LogP) is 2.62. The monoisotopic (exact) mass is 226 g/mol. The number of fused-ring (bicyclic) bond motifs is 3. The average Bonchev–Trinajstić information content (AvgIpc) is 2.56. The molecule has 2 aromatic rings. The molecule has 2 aliphatic rings. The molecule has 0 spiro atoms. The maximum Gasteiger partial charge on any atom is 0.0518 e. The largest absolute Gasteiger partial charge is 0.344 e. The first-order valence-electron chi connectivity index (χ1n) is 6.78. The second kappa shape index (κ2) is 3.61. The van der Waals surface area contributed by atoms with Crippen molar-refractivity contribution in [3.8, 4) is 0 Å². The Morgan fingerprint density at radius 2 is 2.12 bits per heavy atom. The summed E-state index contributed by atoms with van der Waals surface area (Å²) in [5, 5.41) is 5.02. The highest BCUT2D eigenvalue weighted by atomic mass is 15.0. The maximum atomic E-state index is 3.51. The molecule has 4 rings (SSSR count). The van der Waals surface area contributed by atoms with Crippen molar-refractivity contribution in [2.45, 2.75) is 38.8 Å². The lowest BCUT2D eigenvalue weighted by atomic mass is 10.0. The molecule has 17 heavy (non-hydrogen) atoms. The van der Waals surface area contributed by atoms with E-state index >= 15 is 0 Å². The molecule has 0 aliphatic carbocycles. The second-order valence-electron chi connectivity index (χ2n) is 5.27. The van der Waals surface area contributed by atoms with Crippen LogP contribution in [0, 0.1) is 0 Å². The van der Waals surface area contributed by atoms with E-state index in [0.29, 0.717) is 0 Å². The highest BCUT2D eigenvalue weighted by molar-refractivity contribution is 5.88. The van der Waals surface area contributed by atoms with Crippen molar-refractivity contribution in [3.05, 3.63) is 35.0 Å². The van der Waals surface area contributed by atoms with Gasteiger partial charge in [0.1, 0.15) is 0 Å². The minimum Gasteiger partial charge on any atom is -0.344 e. The molecule has 2 aliphatic heterocycles. The van der Waals surface area contributed by atoms with E-state index in [1.54, 1.807) is 22.3 Å². The third kappa shape index (κ3) is 1.31. The summed E-state index contributed by atoms with van der Waals surface area (Å²) >= 11 is 0. The SMILES string of the molecule is c1cc2c3c(c1)c1c(n3CCCC2)CCNC1. The van der Waals surface area contributed by atoms with Crippen LogP contribution in [0.2, 0.25) is 0 Å². The Kier molecular flexibility index (Phi) is 2.06. The van der Waals surface area contributed by atoms with Crippen LogP contribution < -0.4 is 5.32 Å². The number of nitrogens with zero attached hydrogens (tertiary/aromatic N) is 1. The molecule has 0 amide bonds. The summed E-state index contributed by atoms with van der Waals surface area (Å²) in [6.07, 6.45) is 5.13. The molecule has 0 unspecified atom stereocenters. The van der Waals surface area contributed by atoms with Gasteiger partial charge in [0.2, 0.25) is 0 Å². The zero-order valence-electron chi connectivity index (χ0n) is 10.1. The standard InChI is InChI=1S/C15H18N2/c1-2-9-17-14-7-8-16-10-13(14)12-6-3-5-11(4-1)15(12)17/h3,5-6,16H,1-2,4,7-10H2. The summed E-state index contributed by atoms with van der Waals surface area (Å²) < 4.78 is 2.62. The van der Waals surface area contributed by atoms with Gasteiger partial charge in [0, 0.05) is 37.1 Å². The normalized spacial score (nSPS) is 19.1. The van der Waals surface area contributed by atoms with Gasteiger partial charge in [-0.1, -0.05) is 18.2 Å². The predicted molar refractivity (Wildman–Crippen MR) is 70.3 cm³/mol. The first kappa shape index (κ1) is 9.72. The van der Waals surface area contributed by atoms with Gasteiger partial charge in [-0.2, -0.15) is 0 Å². The van der Waals surface area contributed by atoms with E-state index < -0.39 is 0 Å². The van der Waals surface area contributed by atoms with Gasteiger partial charge in [0.25, 0.3) is 0 Å². The summed E-state index contributed by atoms with van der Waals surface area (Å²) in [6, 6.07) is 6.87. The lowest BCUT2D eigenvalue weighted by Crippen LogP contribution is -2.24. The van der Waals surface area contributed by atoms with Crippen LogP contribution in [0.25, 0.3) is 10.9 Å². The molecule has 0 radical (unpaired) electrons. The highest BCUT2D eigenvalue weighted by Crippen LogP contribution is 2.33. The van der Waals surface area contributed by atoms with Crippen LogP contribution in [0.15, 0.2) is 18.2 Å². The van der Waals surface area contributed by atoms with Gasteiger partial charge in [0.05, 0.1) is 5.52 Å². The topological polar surface area (TPSA) is 17.0 Å². The minimum atomic E-state index is 1.06. The van der Waals surface area contributed by atoms with Gasteiger partial charge in [-0.15, -0.1) is 0 Å². The third-order valence-corrected chi connectivity index (χ3v) is 4.31. The molecule has 88 valence electrons. The van der Waals surface area contributed by atoms with Gasteiger partial charge in [0.15, 0.2) is 0 Å². The van der Waals surface area contributed by atoms with Crippen molar-refractivity contribution >= 4 is 10.9 Å². The summed E-state index contributed by atoms with van der Waals surface area (Å²) in [4.78, 5) is 0. The van der Waals surface area contributed by atoms with Gasteiger partial charge >= 0.3 is 0 Å². The number of para-hydroxylation sites is 1. The molecule has 0 saturated heterocycles. The van der Waals surface area contributed by atoms with Crippen molar-refractivity contribution in [1.82, 2.24) is 9.88 Å². The highest BCUT2D eigenvalue weighted by Gasteiger charge is 2.22. The zero-order chi connectivity index (χ0) is 11.2. The van der Waals surface area contributed by atoms with E-state index in [-0.39, 0.29) is 0 Å². The van der Waals surface area contributed by atoms with E-state index in [2.05, 4.69) is 28.1 Å². The zero-order valence-corrected chi connectivity index (χ0v) is 10.1. The third-order valence-electron chi connectivity index (χ3n) is 4.31. The number of hydrogen-bond acceptors (Lipinski definition) is 1. The summed E-state index contributed by atoms with van der Waals surface area (Å²) in [5.74, 6) is 0. The van der Waals surface area contributed by atoms with Crippen LogP contribution >= 0.6 is 0 Å². The van der Waals surface area contributed by atoms with Crippen LogP contribution in [0.1, 0.15) is 29.7 Å². The summed E-state index contributed by atoms with van der Waals surface area (Å²) in [6.45, 7) is 3.42. The molecular weight excluding hydrogens is 208 g/mol. The molecule has 0 fully saturated rings. The fraction of sp³-hybridized carbons (Fsp3) is 0.467. The van der Waals surface area contributed by atoms with Crippen LogP contribution in [0.4, 0.5) is 0 Å². The Bertz CT molecular complexity index is 580. The first-order valence-corrected chi connectivity index (χ1v) is 6.78. The van der Waals surface area contributed by atoms with Gasteiger partial charge in [-0.05, 0) is 30.4 Å². The van der Waals surface area contributed by atoms with Crippen molar-refractivity contribution in [2.24, 2.45) is 0 Å². The molecule has 0 saturated carbocycles.